The Hall–Kier alpha value is -3.45. The number of carbonyl (C=O) groups is 3. The van der Waals surface area contributed by atoms with Crippen molar-refractivity contribution >= 4 is 17.8 Å². The van der Waals surface area contributed by atoms with Crippen LogP contribution in [0.2, 0.25) is 0 Å². The predicted molar refractivity (Wildman–Crippen MR) is 211 cm³/mol. The van der Waals surface area contributed by atoms with Crippen molar-refractivity contribution in [1.29, 1.82) is 0 Å². The number of carboxylic acid groups (broad SMARTS) is 1. The Bertz CT molecular complexity index is 1050. The molecule has 2 unspecified atom stereocenters. The van der Waals surface area contributed by atoms with Crippen LogP contribution in [0.4, 0.5) is 0 Å². The van der Waals surface area contributed by atoms with Gasteiger partial charge in [-0.2, -0.15) is 0 Å². The van der Waals surface area contributed by atoms with Gasteiger partial charge < -0.3 is 20.9 Å². The first kappa shape index (κ1) is 46.5. The number of ether oxygens (including phenoxy) is 1. The Balaban J connectivity index is 4.47. The largest absolute Gasteiger partial charge is 0.480 e. The molecule has 0 aliphatic rings. The fourth-order valence-electron chi connectivity index (χ4n) is 5.02. The van der Waals surface area contributed by atoms with E-state index < -0.39 is 12.0 Å². The summed E-state index contributed by atoms with van der Waals surface area (Å²) in [6.45, 7) is 4.75. The highest BCUT2D eigenvalue weighted by Crippen LogP contribution is 2.14. The number of aliphatic carboxylic acids is 1. The number of esters is 1. The number of allylic oxidation sites excluding steroid dienone is 13. The molecule has 0 heterocycles. The maximum Gasteiger partial charge on any atom is 0.326 e. The molecule has 0 fully saturated rings. The summed E-state index contributed by atoms with van der Waals surface area (Å²) < 4.78 is 5.85. The van der Waals surface area contributed by atoms with Gasteiger partial charge in [0.15, 0.2) is 0 Å². The number of nitrogens with one attached hydrogen (secondary N) is 1. The quantitative estimate of drug-likeness (QED) is 0.0357. The number of carboxylic acids is 1. The van der Waals surface area contributed by atoms with E-state index in [0.717, 1.165) is 83.5 Å². The van der Waals surface area contributed by atoms with Gasteiger partial charge in [-0.25, -0.2) is 4.79 Å². The van der Waals surface area contributed by atoms with Gasteiger partial charge in [-0.1, -0.05) is 119 Å². The van der Waals surface area contributed by atoms with E-state index >= 15 is 0 Å². The van der Waals surface area contributed by atoms with Crippen LogP contribution in [0.15, 0.2) is 85.1 Å². The number of carbonyl (C=O) groups excluding carboxylic acids is 2. The average molecular weight is 695 g/mol. The Morgan fingerprint density at radius 3 is 1.76 bits per heavy atom. The first-order valence-electron chi connectivity index (χ1n) is 19.4. The summed E-state index contributed by atoms with van der Waals surface area (Å²) in [5.74, 6) is -1.43. The molecule has 0 rings (SSSR count). The second-order valence-corrected chi connectivity index (χ2v) is 12.6. The van der Waals surface area contributed by atoms with Gasteiger partial charge in [-0.3, -0.25) is 9.59 Å². The van der Waals surface area contributed by atoms with E-state index in [4.69, 9.17) is 10.5 Å². The first-order chi connectivity index (χ1) is 24.4. The number of nitrogens with two attached hydrogens (primary N) is 1. The summed E-state index contributed by atoms with van der Waals surface area (Å²) in [4.78, 5) is 36.2. The van der Waals surface area contributed by atoms with Crippen LogP contribution in [0.5, 0.6) is 0 Å². The Morgan fingerprint density at radius 1 is 0.620 bits per heavy atom. The number of unbranched alkanes of at least 4 members (excludes halogenated alkanes) is 7. The van der Waals surface area contributed by atoms with Gasteiger partial charge in [0.05, 0.1) is 0 Å². The minimum Gasteiger partial charge on any atom is -0.480 e. The maximum absolute atomic E-state index is 12.6. The van der Waals surface area contributed by atoms with Gasteiger partial charge in [0.1, 0.15) is 12.1 Å². The zero-order valence-electron chi connectivity index (χ0n) is 31.5. The van der Waals surface area contributed by atoms with Gasteiger partial charge in [0, 0.05) is 12.8 Å². The third-order valence-corrected chi connectivity index (χ3v) is 7.93. The SMILES string of the molecule is CC/C=C\C/C=C\C/C=C\C/C=C\C/C=C\CCCC(=O)OC(/C=C\C/C=C\CCCCC)CCCCCCC(=O)NC(CCCN)C(=O)O. The third kappa shape index (κ3) is 33.1. The summed E-state index contributed by atoms with van der Waals surface area (Å²) in [6, 6.07) is -0.883. The van der Waals surface area contributed by atoms with Crippen molar-refractivity contribution in [1.82, 2.24) is 5.32 Å². The lowest BCUT2D eigenvalue weighted by Crippen LogP contribution is -2.40. The molecule has 0 spiro atoms. The topological polar surface area (TPSA) is 119 Å². The fourth-order valence-corrected chi connectivity index (χ4v) is 5.02. The standard InChI is InChI=1S/C43H70N2O5/c1-3-5-7-9-11-13-14-15-16-17-18-19-20-21-23-25-31-37-42(47)50-39(33-28-24-22-12-10-8-6-4-2)34-29-26-27-30-36-41(46)45-40(43(48)49)35-32-38-44/h5,7,11-13,15-16,18-19,21-23,28,33,39-40H,3-4,6,8-10,14,17,20,24-27,29-32,34-38,44H2,1-2H3,(H,45,46)(H,48,49)/b7-5-,13-11-,16-15-,19-18-,22-12-,23-21-,33-28-. The monoisotopic (exact) mass is 695 g/mol. The molecule has 4 N–H and O–H groups in total. The molecule has 0 saturated carbocycles. The van der Waals surface area contributed by atoms with Crippen molar-refractivity contribution in [3.8, 4) is 0 Å². The molecule has 0 saturated heterocycles. The second kappa shape index (κ2) is 36.8. The van der Waals surface area contributed by atoms with Crippen LogP contribution < -0.4 is 11.1 Å². The molecule has 0 aromatic carbocycles. The molecule has 0 radical (unpaired) electrons. The lowest BCUT2D eigenvalue weighted by atomic mass is 10.1. The molecular formula is C43H70N2O5. The number of amides is 1. The Labute approximate surface area is 305 Å². The summed E-state index contributed by atoms with van der Waals surface area (Å²) in [7, 11) is 0. The highest BCUT2D eigenvalue weighted by atomic mass is 16.5. The lowest BCUT2D eigenvalue weighted by molar-refractivity contribution is -0.147. The van der Waals surface area contributed by atoms with E-state index in [1.54, 1.807) is 0 Å². The zero-order valence-corrected chi connectivity index (χ0v) is 31.5. The van der Waals surface area contributed by atoms with Crippen LogP contribution in [0.3, 0.4) is 0 Å². The van der Waals surface area contributed by atoms with Crippen LogP contribution >= 0.6 is 0 Å². The van der Waals surface area contributed by atoms with E-state index in [2.05, 4.69) is 98.2 Å². The highest BCUT2D eigenvalue weighted by Gasteiger charge is 2.18. The van der Waals surface area contributed by atoms with Crippen molar-refractivity contribution in [2.45, 2.75) is 161 Å². The Morgan fingerprint density at radius 2 is 1.18 bits per heavy atom. The minimum atomic E-state index is -1.03. The Kier molecular flexibility index (Phi) is 34.3. The molecule has 50 heavy (non-hydrogen) atoms. The van der Waals surface area contributed by atoms with E-state index in [9.17, 15) is 19.5 Å². The minimum absolute atomic E-state index is 0.165. The fraction of sp³-hybridized carbons (Fsp3) is 0.605. The molecule has 1 amide bonds. The van der Waals surface area contributed by atoms with E-state index in [1.807, 2.05) is 6.08 Å². The normalized spacial score (nSPS) is 13.7. The van der Waals surface area contributed by atoms with Crippen molar-refractivity contribution in [3.63, 3.8) is 0 Å². The predicted octanol–water partition coefficient (Wildman–Crippen LogP) is 10.6. The molecule has 7 nitrogen and oxygen atoms in total. The van der Waals surface area contributed by atoms with Gasteiger partial charge in [0.25, 0.3) is 0 Å². The lowest BCUT2D eigenvalue weighted by Gasteiger charge is -2.15. The highest BCUT2D eigenvalue weighted by molar-refractivity contribution is 5.83. The molecule has 0 aliphatic heterocycles. The van der Waals surface area contributed by atoms with Gasteiger partial charge in [-0.15, -0.1) is 0 Å². The molecule has 2 atom stereocenters. The molecular weight excluding hydrogens is 624 g/mol. The summed E-state index contributed by atoms with van der Waals surface area (Å²) in [5.41, 5.74) is 5.47. The number of rotatable bonds is 33. The van der Waals surface area contributed by atoms with Crippen LogP contribution in [-0.2, 0) is 19.1 Å². The van der Waals surface area contributed by atoms with Crippen molar-refractivity contribution in [2.75, 3.05) is 6.54 Å². The van der Waals surface area contributed by atoms with E-state index in [-0.39, 0.29) is 18.0 Å². The van der Waals surface area contributed by atoms with Gasteiger partial charge in [-0.05, 0) is 109 Å². The molecule has 0 aromatic rings. The summed E-state index contributed by atoms with van der Waals surface area (Å²) >= 11 is 0. The third-order valence-electron chi connectivity index (χ3n) is 7.93. The molecule has 282 valence electrons. The van der Waals surface area contributed by atoms with Crippen molar-refractivity contribution < 1.29 is 24.2 Å². The van der Waals surface area contributed by atoms with Crippen LogP contribution in [0.25, 0.3) is 0 Å². The van der Waals surface area contributed by atoms with Crippen molar-refractivity contribution in [2.24, 2.45) is 5.73 Å². The summed E-state index contributed by atoms with van der Waals surface area (Å²) in [6.07, 6.45) is 47.8. The molecule has 0 aliphatic carbocycles. The molecule has 0 aromatic heterocycles. The van der Waals surface area contributed by atoms with E-state index in [0.29, 0.717) is 38.6 Å². The molecule has 7 heteroatoms. The molecule has 0 bridgehead atoms. The van der Waals surface area contributed by atoms with Gasteiger partial charge in [0.2, 0.25) is 5.91 Å². The smallest absolute Gasteiger partial charge is 0.326 e. The number of hydrogen-bond donors (Lipinski definition) is 3. The van der Waals surface area contributed by atoms with Gasteiger partial charge >= 0.3 is 11.9 Å². The van der Waals surface area contributed by atoms with Crippen LogP contribution in [0.1, 0.15) is 149 Å². The zero-order chi connectivity index (χ0) is 36.8. The van der Waals surface area contributed by atoms with E-state index in [1.165, 1.54) is 19.3 Å². The maximum atomic E-state index is 12.6. The van der Waals surface area contributed by atoms with Crippen LogP contribution in [-0.4, -0.2) is 41.6 Å². The number of hydrogen-bond acceptors (Lipinski definition) is 5. The average Bonchev–Trinajstić information content (AvgIpc) is 3.10. The first-order valence-corrected chi connectivity index (χ1v) is 19.4. The van der Waals surface area contributed by atoms with Crippen LogP contribution in [0, 0.1) is 0 Å². The second-order valence-electron chi connectivity index (χ2n) is 12.6. The van der Waals surface area contributed by atoms with Crippen molar-refractivity contribution in [3.05, 3.63) is 85.1 Å². The summed E-state index contributed by atoms with van der Waals surface area (Å²) in [5, 5.41) is 11.9.